The van der Waals surface area contributed by atoms with E-state index in [1.165, 1.54) is 13.2 Å². The maximum absolute atomic E-state index is 13.1. The van der Waals surface area contributed by atoms with E-state index in [4.69, 9.17) is 9.15 Å². The molecule has 0 unspecified atom stereocenters. The van der Waals surface area contributed by atoms with E-state index in [1.54, 1.807) is 12.1 Å². The highest BCUT2D eigenvalue weighted by Crippen LogP contribution is 2.36. The van der Waals surface area contributed by atoms with Crippen LogP contribution in [-0.2, 0) is 39.5 Å². The van der Waals surface area contributed by atoms with E-state index in [-0.39, 0.29) is 23.6 Å². The predicted molar refractivity (Wildman–Crippen MR) is 117 cm³/mol. The summed E-state index contributed by atoms with van der Waals surface area (Å²) in [6, 6.07) is 4.98. The average Bonchev–Trinajstić information content (AvgIpc) is 2.81. The number of hydrogen-bond donors (Lipinski definition) is 1. The van der Waals surface area contributed by atoms with Gasteiger partial charge < -0.3 is 19.2 Å². The molecule has 0 saturated heterocycles. The molecule has 13 heteroatoms. The monoisotopic (exact) mass is 531 g/mol. The van der Waals surface area contributed by atoms with Crippen LogP contribution in [0.4, 0.5) is 26.3 Å². The number of alkyl halides is 6. The average molecular weight is 531 g/mol. The molecular weight excluding hydrogens is 512 g/mol. The Labute approximate surface area is 205 Å². The quantitative estimate of drug-likeness (QED) is 0.278. The summed E-state index contributed by atoms with van der Waals surface area (Å²) in [6.07, 6.45) is -11.4. The summed E-state index contributed by atoms with van der Waals surface area (Å²) in [6.45, 7) is 0. The highest BCUT2D eigenvalue weighted by atomic mass is 19.4. The molecule has 1 atom stereocenters. The Kier molecular flexibility index (Phi) is 7.84. The van der Waals surface area contributed by atoms with Gasteiger partial charge in [0.15, 0.2) is 0 Å². The molecule has 3 aromatic rings. The summed E-state index contributed by atoms with van der Waals surface area (Å²) in [4.78, 5) is 37.0. The molecule has 0 radical (unpaired) electrons. The number of amides is 1. The number of carbonyl (C=O) groups is 2. The van der Waals surface area contributed by atoms with Crippen molar-refractivity contribution in [2.45, 2.75) is 31.2 Å². The zero-order chi connectivity index (χ0) is 27.5. The summed E-state index contributed by atoms with van der Waals surface area (Å²) in [7, 11) is 2.42. The van der Waals surface area contributed by atoms with E-state index in [1.807, 2.05) is 0 Å². The van der Waals surface area contributed by atoms with Crippen molar-refractivity contribution in [1.29, 1.82) is 0 Å². The molecule has 1 N–H and O–H groups in total. The van der Waals surface area contributed by atoms with E-state index in [9.17, 15) is 40.7 Å². The third-order valence-electron chi connectivity index (χ3n) is 5.29. The van der Waals surface area contributed by atoms with Crippen molar-refractivity contribution in [3.8, 4) is 5.75 Å². The van der Waals surface area contributed by atoms with Crippen LogP contribution in [0.3, 0.4) is 0 Å². The lowest BCUT2D eigenvalue weighted by molar-refractivity contribution is -0.145. The minimum Gasteiger partial charge on any atom is -0.497 e. The van der Waals surface area contributed by atoms with Gasteiger partial charge in [0.25, 0.3) is 0 Å². The molecule has 1 aromatic heterocycles. The third kappa shape index (κ3) is 6.80. The summed E-state index contributed by atoms with van der Waals surface area (Å²) in [5.41, 5.74) is -4.10. The Bertz CT molecular complexity index is 1350. The van der Waals surface area contributed by atoms with Crippen LogP contribution in [0.5, 0.6) is 5.75 Å². The molecule has 0 saturated carbocycles. The Balaban J connectivity index is 1.90. The van der Waals surface area contributed by atoms with Crippen molar-refractivity contribution in [2.24, 2.45) is 0 Å². The maximum atomic E-state index is 13.1. The molecule has 0 fully saturated rings. The van der Waals surface area contributed by atoms with Gasteiger partial charge in [-0.25, -0.2) is 9.59 Å². The van der Waals surface area contributed by atoms with Crippen LogP contribution in [0.1, 0.15) is 22.3 Å². The highest BCUT2D eigenvalue weighted by molar-refractivity contribution is 5.87. The largest absolute Gasteiger partial charge is 0.497 e. The van der Waals surface area contributed by atoms with Gasteiger partial charge in [-0.15, -0.1) is 0 Å². The molecule has 0 aliphatic rings. The van der Waals surface area contributed by atoms with Gasteiger partial charge in [-0.3, -0.25) is 4.79 Å². The molecule has 0 aliphatic carbocycles. The summed E-state index contributed by atoms with van der Waals surface area (Å²) in [5, 5.41) is 2.65. The molecule has 0 spiro atoms. The summed E-state index contributed by atoms with van der Waals surface area (Å²) >= 11 is 0. The van der Waals surface area contributed by atoms with Crippen molar-refractivity contribution in [2.75, 3.05) is 14.2 Å². The number of rotatable bonds is 7. The smallest absolute Gasteiger partial charge is 0.416 e. The molecular formula is C24H19F6NO6. The second-order valence-electron chi connectivity index (χ2n) is 7.89. The van der Waals surface area contributed by atoms with Gasteiger partial charge in [0.05, 0.1) is 31.8 Å². The van der Waals surface area contributed by atoms with Crippen LogP contribution >= 0.6 is 0 Å². The van der Waals surface area contributed by atoms with Crippen LogP contribution < -0.4 is 15.7 Å². The number of fused-ring (bicyclic) bond motifs is 1. The van der Waals surface area contributed by atoms with Crippen molar-refractivity contribution in [1.82, 2.24) is 5.32 Å². The fourth-order valence-corrected chi connectivity index (χ4v) is 3.61. The second-order valence-corrected chi connectivity index (χ2v) is 7.89. The Morgan fingerprint density at radius 1 is 0.946 bits per heavy atom. The van der Waals surface area contributed by atoms with E-state index in [0.29, 0.717) is 23.3 Å². The number of methoxy groups -OCH3 is 2. The van der Waals surface area contributed by atoms with Gasteiger partial charge in [0.1, 0.15) is 17.4 Å². The number of halogens is 6. The minimum absolute atomic E-state index is 0.0558. The van der Waals surface area contributed by atoms with Crippen molar-refractivity contribution in [3.05, 3.63) is 75.1 Å². The number of nitrogens with one attached hydrogen (secondary N) is 1. The zero-order valence-electron chi connectivity index (χ0n) is 19.3. The molecule has 2 aromatic carbocycles. The molecule has 7 nitrogen and oxygen atoms in total. The summed E-state index contributed by atoms with van der Waals surface area (Å²) in [5.74, 6) is -1.62. The fraction of sp³-hybridized carbons (Fsp3) is 0.292. The first-order valence-corrected chi connectivity index (χ1v) is 10.5. The number of ether oxygens (including phenoxy) is 2. The first kappa shape index (κ1) is 27.6. The van der Waals surface area contributed by atoms with Crippen molar-refractivity contribution in [3.63, 3.8) is 0 Å². The highest BCUT2D eigenvalue weighted by Gasteiger charge is 2.37. The molecule has 1 heterocycles. The Morgan fingerprint density at radius 3 is 2.11 bits per heavy atom. The van der Waals surface area contributed by atoms with Crippen LogP contribution in [-0.4, -0.2) is 32.1 Å². The van der Waals surface area contributed by atoms with E-state index >= 15 is 0 Å². The van der Waals surface area contributed by atoms with Crippen LogP contribution in [0.25, 0.3) is 11.0 Å². The lowest BCUT2D eigenvalue weighted by Gasteiger charge is -2.18. The molecule has 3 rings (SSSR count). The van der Waals surface area contributed by atoms with E-state index in [0.717, 1.165) is 13.2 Å². The fourth-order valence-electron chi connectivity index (χ4n) is 3.61. The van der Waals surface area contributed by atoms with Crippen LogP contribution in [0, 0.1) is 0 Å². The standard InChI is InChI=1S/C24H19F6NO6/c1-35-16-3-4-17-13(9-21(33)37-19(17)11-16)8-18(22(34)36-2)31-20(32)7-12-5-14(23(25,26)27)10-15(6-12)24(28,29)30/h3-6,9-11,18H,7-8H2,1-2H3,(H,31,32)/t18-/m0/s1. The SMILES string of the molecule is COC(=O)[C@H](Cc1cc(=O)oc2cc(OC)ccc12)NC(=O)Cc1cc(C(F)(F)F)cc(C(F)(F)F)c1. The lowest BCUT2D eigenvalue weighted by Crippen LogP contribution is -2.43. The molecule has 198 valence electrons. The summed E-state index contributed by atoms with van der Waals surface area (Å²) < 4.78 is 93.6. The van der Waals surface area contributed by atoms with Gasteiger partial charge in [0, 0.05) is 23.9 Å². The topological polar surface area (TPSA) is 94.8 Å². The van der Waals surface area contributed by atoms with Gasteiger partial charge in [-0.2, -0.15) is 26.3 Å². The van der Waals surface area contributed by atoms with Gasteiger partial charge >= 0.3 is 23.9 Å². The Morgan fingerprint density at radius 2 is 1.57 bits per heavy atom. The second kappa shape index (κ2) is 10.5. The Hall–Kier alpha value is -4.03. The number of hydrogen-bond acceptors (Lipinski definition) is 6. The first-order valence-electron chi connectivity index (χ1n) is 10.5. The van der Waals surface area contributed by atoms with Crippen molar-refractivity contribution < 1.29 is 49.8 Å². The molecule has 0 bridgehead atoms. The number of carbonyl (C=O) groups excluding carboxylic acids is 2. The van der Waals surface area contributed by atoms with Crippen LogP contribution in [0.2, 0.25) is 0 Å². The third-order valence-corrected chi connectivity index (χ3v) is 5.29. The van der Waals surface area contributed by atoms with Crippen LogP contribution in [0.15, 0.2) is 51.7 Å². The van der Waals surface area contributed by atoms with Crippen molar-refractivity contribution >= 4 is 22.8 Å². The number of benzene rings is 2. The lowest BCUT2D eigenvalue weighted by atomic mass is 10.0. The van der Waals surface area contributed by atoms with Gasteiger partial charge in [0.2, 0.25) is 5.91 Å². The zero-order valence-corrected chi connectivity index (χ0v) is 19.3. The first-order chi connectivity index (χ1) is 17.2. The molecule has 0 aliphatic heterocycles. The predicted octanol–water partition coefficient (Wildman–Crippen LogP) is 4.28. The molecule has 1 amide bonds. The minimum atomic E-state index is -5.08. The van der Waals surface area contributed by atoms with E-state index < -0.39 is 59.0 Å². The van der Waals surface area contributed by atoms with Gasteiger partial charge in [-0.1, -0.05) is 0 Å². The number of esters is 1. The maximum Gasteiger partial charge on any atom is 0.416 e. The molecule has 37 heavy (non-hydrogen) atoms. The normalized spacial score (nSPS) is 12.8. The van der Waals surface area contributed by atoms with Gasteiger partial charge in [-0.05, 0) is 41.5 Å². The van der Waals surface area contributed by atoms with E-state index in [2.05, 4.69) is 10.1 Å².